The van der Waals surface area contributed by atoms with Gasteiger partial charge in [-0.2, -0.15) is 0 Å². The maximum absolute atomic E-state index is 13.2. The smallest absolute Gasteiger partial charge is 0.139 e. The lowest BCUT2D eigenvalue weighted by Gasteiger charge is -2.50. The van der Waals surface area contributed by atoms with Gasteiger partial charge in [-0.15, -0.1) is 11.3 Å². The lowest BCUT2D eigenvalue weighted by Crippen LogP contribution is -2.44. The molecule has 1 aromatic heterocycles. The lowest BCUT2D eigenvalue weighted by atomic mass is 9.54. The molecule has 1 heterocycles. The van der Waals surface area contributed by atoms with Gasteiger partial charge in [0.1, 0.15) is 22.3 Å². The number of carbonyl (C=O) groups excluding carboxylic acids is 2. The number of hydrogen-bond donors (Lipinski definition) is 1. The van der Waals surface area contributed by atoms with E-state index in [1.165, 1.54) is 11.1 Å². The Balaban J connectivity index is 1.30. The predicted molar refractivity (Wildman–Crippen MR) is 135 cm³/mol. The van der Waals surface area contributed by atoms with Crippen LogP contribution in [0.3, 0.4) is 0 Å². The summed E-state index contributed by atoms with van der Waals surface area (Å²) in [7, 11) is 0. The van der Waals surface area contributed by atoms with Gasteiger partial charge in [-0.05, 0) is 98.3 Å². The minimum Gasteiger partial charge on any atom is -0.508 e. The highest BCUT2D eigenvalue weighted by Gasteiger charge is 2.58. The summed E-state index contributed by atoms with van der Waals surface area (Å²) < 4.78 is 0. The highest BCUT2D eigenvalue weighted by Crippen LogP contribution is 2.62. The molecule has 0 spiro atoms. The van der Waals surface area contributed by atoms with Gasteiger partial charge in [-0.25, -0.2) is 4.98 Å². The molecule has 0 amide bonds. The maximum atomic E-state index is 13.2. The van der Waals surface area contributed by atoms with Crippen LogP contribution in [0.5, 0.6) is 5.75 Å². The molecule has 2 fully saturated rings. The number of fused-ring (bicyclic) bond motifs is 5. The molecule has 3 aliphatic carbocycles. The van der Waals surface area contributed by atoms with Crippen LogP contribution in [0.15, 0.2) is 18.3 Å². The van der Waals surface area contributed by atoms with E-state index in [1.54, 1.807) is 11.3 Å². The monoisotopic (exact) mass is 479 g/mol. The average Bonchev–Trinajstić information content (AvgIpc) is 3.32. The molecule has 0 radical (unpaired) electrons. The molecule has 0 bridgehead atoms. The molecule has 1 aromatic carbocycles. The van der Waals surface area contributed by atoms with Crippen molar-refractivity contribution in [1.82, 2.24) is 4.98 Å². The van der Waals surface area contributed by atoms with Crippen LogP contribution in [0.2, 0.25) is 0 Å². The molecule has 0 saturated heterocycles. The number of phenols is 1. The van der Waals surface area contributed by atoms with Gasteiger partial charge in [0, 0.05) is 29.3 Å². The summed E-state index contributed by atoms with van der Waals surface area (Å²) in [6, 6.07) is 4.26. The number of rotatable bonds is 7. The molecule has 4 nitrogen and oxygen atoms in total. The third kappa shape index (κ3) is 4.14. The number of thiazole rings is 1. The first-order chi connectivity index (χ1) is 16.3. The van der Waals surface area contributed by atoms with E-state index in [4.69, 9.17) is 0 Å². The molecule has 34 heavy (non-hydrogen) atoms. The number of carbonyl (C=O) groups is 2. The van der Waals surface area contributed by atoms with E-state index in [2.05, 4.69) is 24.9 Å². The molecule has 1 N–H and O–H groups in total. The second-order valence-electron chi connectivity index (χ2n) is 11.2. The summed E-state index contributed by atoms with van der Waals surface area (Å²) >= 11 is 1.61. The summed E-state index contributed by atoms with van der Waals surface area (Å²) in [5, 5.41) is 11.3. The number of Topliss-reactive ketones (excluding diaryl/α,β-unsaturated/α-hetero) is 2. The zero-order chi connectivity index (χ0) is 24.0. The van der Waals surface area contributed by atoms with Gasteiger partial charge in [-0.1, -0.05) is 19.9 Å². The average molecular weight is 480 g/mol. The molecule has 2 aromatic rings. The Morgan fingerprint density at radius 3 is 2.85 bits per heavy atom. The SMILES string of the molecule is CCc1cc2c(cc1O)CC[C@H]1[C@@H]3[C@H](CCCC(=O)Cc4ncc(C)s4)CC(=O)[C@@]3(C)CC[C@H]21. The molecule has 0 unspecified atom stereocenters. The van der Waals surface area contributed by atoms with Crippen molar-refractivity contribution in [1.29, 1.82) is 0 Å². The predicted octanol–water partition coefficient (Wildman–Crippen LogP) is 6.35. The molecule has 0 aliphatic heterocycles. The summed E-state index contributed by atoms with van der Waals surface area (Å²) in [6.45, 7) is 6.35. The van der Waals surface area contributed by atoms with Crippen LogP contribution in [0.1, 0.15) is 91.3 Å². The fourth-order valence-electron chi connectivity index (χ4n) is 7.56. The van der Waals surface area contributed by atoms with Crippen molar-refractivity contribution in [2.24, 2.45) is 23.2 Å². The quantitative estimate of drug-likeness (QED) is 0.502. The zero-order valence-electron chi connectivity index (χ0n) is 20.7. The van der Waals surface area contributed by atoms with Crippen LogP contribution in [-0.2, 0) is 28.9 Å². The van der Waals surface area contributed by atoms with E-state index in [-0.39, 0.29) is 11.2 Å². The molecule has 3 aliphatic rings. The number of aromatic hydroxyl groups is 1. The number of phenolic OH excluding ortho intramolecular Hbond substituents is 1. The minimum atomic E-state index is -0.198. The van der Waals surface area contributed by atoms with Gasteiger partial charge in [0.15, 0.2) is 0 Å². The van der Waals surface area contributed by atoms with E-state index in [1.807, 2.05) is 19.2 Å². The van der Waals surface area contributed by atoms with Gasteiger partial charge in [0.05, 0.1) is 6.42 Å². The van der Waals surface area contributed by atoms with Crippen LogP contribution in [0.25, 0.3) is 0 Å². The third-order valence-electron chi connectivity index (χ3n) is 9.20. The highest BCUT2D eigenvalue weighted by atomic mass is 32.1. The number of aromatic nitrogens is 1. The Bertz CT molecular complexity index is 1100. The van der Waals surface area contributed by atoms with Gasteiger partial charge in [0.2, 0.25) is 0 Å². The summed E-state index contributed by atoms with van der Waals surface area (Å²) in [5.74, 6) is 3.00. The number of nitrogens with zero attached hydrogens (tertiary/aromatic N) is 1. The zero-order valence-corrected chi connectivity index (χ0v) is 21.5. The van der Waals surface area contributed by atoms with Crippen LogP contribution in [-0.4, -0.2) is 21.7 Å². The van der Waals surface area contributed by atoms with Crippen molar-refractivity contribution < 1.29 is 14.7 Å². The van der Waals surface area contributed by atoms with Gasteiger partial charge >= 0.3 is 0 Å². The molecular formula is C29H37NO3S. The van der Waals surface area contributed by atoms with Gasteiger partial charge in [0.25, 0.3) is 0 Å². The topological polar surface area (TPSA) is 67.3 Å². The Labute approximate surface area is 207 Å². The van der Waals surface area contributed by atoms with E-state index in [9.17, 15) is 14.7 Å². The largest absolute Gasteiger partial charge is 0.508 e. The van der Waals surface area contributed by atoms with Crippen LogP contribution >= 0.6 is 11.3 Å². The molecule has 2 saturated carbocycles. The number of aryl methyl sites for hydroxylation is 3. The number of benzene rings is 1. The van der Waals surface area contributed by atoms with Crippen LogP contribution in [0, 0.1) is 30.1 Å². The minimum absolute atomic E-state index is 0.198. The van der Waals surface area contributed by atoms with E-state index in [0.717, 1.165) is 60.4 Å². The molecule has 5 heteroatoms. The van der Waals surface area contributed by atoms with Gasteiger partial charge < -0.3 is 5.11 Å². The van der Waals surface area contributed by atoms with Crippen molar-refractivity contribution in [3.8, 4) is 5.75 Å². The summed E-state index contributed by atoms with van der Waals surface area (Å²) in [5.41, 5.74) is 3.58. The lowest BCUT2D eigenvalue weighted by molar-refractivity contribution is -0.129. The first-order valence-corrected chi connectivity index (χ1v) is 13.9. The molecule has 182 valence electrons. The highest BCUT2D eigenvalue weighted by molar-refractivity contribution is 7.11. The Hall–Kier alpha value is -2.01. The van der Waals surface area contributed by atoms with Crippen LogP contribution < -0.4 is 0 Å². The maximum Gasteiger partial charge on any atom is 0.139 e. The Kier molecular flexibility index (Phi) is 6.43. The van der Waals surface area contributed by atoms with E-state index in [0.29, 0.717) is 54.5 Å². The normalized spacial score (nSPS) is 30.0. The van der Waals surface area contributed by atoms with Crippen LogP contribution in [0.4, 0.5) is 0 Å². The van der Waals surface area contributed by atoms with Crippen molar-refractivity contribution in [3.05, 3.63) is 44.9 Å². The van der Waals surface area contributed by atoms with Crippen molar-refractivity contribution >= 4 is 22.9 Å². The fraction of sp³-hybridized carbons (Fsp3) is 0.621. The fourth-order valence-corrected chi connectivity index (χ4v) is 8.38. The Morgan fingerprint density at radius 2 is 2.12 bits per heavy atom. The second-order valence-corrected chi connectivity index (χ2v) is 12.5. The first-order valence-electron chi connectivity index (χ1n) is 13.1. The third-order valence-corrected chi connectivity index (χ3v) is 10.1. The standard InChI is InChI=1S/C29H37NO3S/c1-4-18-12-24-19(13-25(18)32)8-9-23-22(24)10-11-29(3)26(33)14-20(28(23)29)6-5-7-21(31)15-27-30-16-17(2)34-27/h12-13,16,20,22-23,28,32H,4-11,14-15H2,1-3H3/t20-,22+,23-,28+,29-/m1/s1. The molecule has 5 rings (SSSR count). The van der Waals surface area contributed by atoms with Crippen molar-refractivity contribution in [3.63, 3.8) is 0 Å². The summed E-state index contributed by atoms with van der Waals surface area (Å²) in [4.78, 5) is 31.3. The molecular weight excluding hydrogens is 442 g/mol. The van der Waals surface area contributed by atoms with Gasteiger partial charge in [-0.3, -0.25) is 9.59 Å². The number of ketones is 2. The van der Waals surface area contributed by atoms with E-state index < -0.39 is 0 Å². The van der Waals surface area contributed by atoms with E-state index >= 15 is 0 Å². The molecule has 5 atom stereocenters. The van der Waals surface area contributed by atoms with Crippen molar-refractivity contribution in [2.45, 2.75) is 90.9 Å². The summed E-state index contributed by atoms with van der Waals surface area (Å²) in [6.07, 6.45) is 10.4. The first kappa shape index (κ1) is 23.7. The Morgan fingerprint density at radius 1 is 1.29 bits per heavy atom. The number of hydrogen-bond acceptors (Lipinski definition) is 5. The second kappa shape index (κ2) is 9.22. The van der Waals surface area contributed by atoms with Crippen molar-refractivity contribution in [2.75, 3.05) is 0 Å².